The molecule has 0 amide bonds. The van der Waals surface area contributed by atoms with E-state index in [2.05, 4.69) is 0 Å². The molecule has 17 heavy (non-hydrogen) atoms. The first-order chi connectivity index (χ1) is 8.00. The number of hydrogen-bond donors (Lipinski definition) is 1. The first-order valence-corrected chi connectivity index (χ1v) is 5.31. The molecule has 0 radical (unpaired) electrons. The van der Waals surface area contributed by atoms with Crippen molar-refractivity contribution in [1.82, 2.24) is 4.90 Å². The molecule has 1 aromatic rings. The minimum Gasteiger partial charge on any atom is -0.493 e. The Morgan fingerprint density at radius 3 is 2.76 bits per heavy atom. The Labute approximate surface area is 99.6 Å². The zero-order valence-corrected chi connectivity index (χ0v) is 9.94. The van der Waals surface area contributed by atoms with Crippen molar-refractivity contribution in [3.05, 3.63) is 29.6 Å². The number of rotatable bonds is 6. The van der Waals surface area contributed by atoms with E-state index in [4.69, 9.17) is 9.84 Å². The van der Waals surface area contributed by atoms with Crippen LogP contribution in [0.15, 0.2) is 18.2 Å². The Hall–Kier alpha value is -1.62. The van der Waals surface area contributed by atoms with Gasteiger partial charge in [-0.3, -0.25) is 0 Å². The molecule has 0 saturated carbocycles. The third-order valence-electron chi connectivity index (χ3n) is 2.18. The summed E-state index contributed by atoms with van der Waals surface area (Å²) in [7, 11) is 3.87. The third-order valence-corrected chi connectivity index (χ3v) is 2.18. The van der Waals surface area contributed by atoms with Gasteiger partial charge < -0.3 is 14.7 Å². The Morgan fingerprint density at radius 2 is 2.18 bits per heavy atom. The van der Waals surface area contributed by atoms with Crippen LogP contribution in [-0.2, 0) is 0 Å². The van der Waals surface area contributed by atoms with Gasteiger partial charge in [0.25, 0.3) is 0 Å². The van der Waals surface area contributed by atoms with Crippen LogP contribution >= 0.6 is 0 Å². The van der Waals surface area contributed by atoms with E-state index in [1.165, 1.54) is 6.07 Å². The Morgan fingerprint density at radius 1 is 1.47 bits per heavy atom. The summed E-state index contributed by atoms with van der Waals surface area (Å²) in [5.41, 5.74) is -0.0174. The van der Waals surface area contributed by atoms with Crippen molar-refractivity contribution in [1.29, 1.82) is 0 Å². The molecule has 0 saturated heterocycles. The molecule has 5 heteroatoms. The number of halogens is 1. The molecule has 0 aromatic heterocycles. The van der Waals surface area contributed by atoms with E-state index in [0.717, 1.165) is 25.1 Å². The zero-order chi connectivity index (χ0) is 12.8. The molecule has 94 valence electrons. The van der Waals surface area contributed by atoms with Crippen LogP contribution in [0.5, 0.6) is 5.75 Å². The van der Waals surface area contributed by atoms with Crippen LogP contribution in [0.25, 0.3) is 0 Å². The summed E-state index contributed by atoms with van der Waals surface area (Å²) in [6, 6.07) is 3.41. The largest absolute Gasteiger partial charge is 0.493 e. The quantitative estimate of drug-likeness (QED) is 0.772. The maximum Gasteiger partial charge on any atom is 0.339 e. The van der Waals surface area contributed by atoms with E-state index >= 15 is 0 Å². The summed E-state index contributed by atoms with van der Waals surface area (Å²) in [5, 5.41) is 8.89. The van der Waals surface area contributed by atoms with Gasteiger partial charge in [0.2, 0.25) is 0 Å². The summed E-state index contributed by atoms with van der Waals surface area (Å²) in [6.45, 7) is 1.19. The molecule has 1 N–H and O–H groups in total. The second-order valence-corrected chi connectivity index (χ2v) is 3.95. The number of nitrogens with zero attached hydrogens (tertiary/aromatic N) is 1. The maximum absolute atomic E-state index is 13.0. The van der Waals surface area contributed by atoms with Crippen LogP contribution in [0, 0.1) is 5.82 Å². The number of carbonyl (C=O) groups is 1. The van der Waals surface area contributed by atoms with Gasteiger partial charge in [-0.2, -0.15) is 0 Å². The number of aromatic carboxylic acids is 1. The van der Waals surface area contributed by atoms with Crippen LogP contribution in [0.1, 0.15) is 16.8 Å². The van der Waals surface area contributed by atoms with E-state index in [1.807, 2.05) is 19.0 Å². The van der Waals surface area contributed by atoms with Crippen molar-refractivity contribution in [3.8, 4) is 5.75 Å². The molecule has 0 aliphatic rings. The summed E-state index contributed by atoms with van der Waals surface area (Å²) in [5.74, 6) is -1.54. The number of ether oxygens (including phenoxy) is 1. The third kappa shape index (κ3) is 4.40. The van der Waals surface area contributed by atoms with Crippen molar-refractivity contribution in [2.24, 2.45) is 0 Å². The highest BCUT2D eigenvalue weighted by Crippen LogP contribution is 2.20. The average Bonchev–Trinajstić information content (AvgIpc) is 2.23. The lowest BCUT2D eigenvalue weighted by atomic mass is 10.2. The SMILES string of the molecule is CN(C)CCCOc1cc(F)ccc1C(=O)O. The van der Waals surface area contributed by atoms with E-state index in [9.17, 15) is 9.18 Å². The number of carboxylic acid groups (broad SMARTS) is 1. The summed E-state index contributed by atoms with van der Waals surface area (Å²) < 4.78 is 18.2. The Kier molecular flexibility index (Phi) is 4.90. The minimum atomic E-state index is -1.12. The summed E-state index contributed by atoms with van der Waals surface area (Å²) in [6.07, 6.45) is 0.753. The van der Waals surface area contributed by atoms with Crippen LogP contribution in [0.3, 0.4) is 0 Å². The maximum atomic E-state index is 13.0. The highest BCUT2D eigenvalue weighted by atomic mass is 19.1. The lowest BCUT2D eigenvalue weighted by molar-refractivity contribution is 0.0692. The average molecular weight is 241 g/mol. The smallest absolute Gasteiger partial charge is 0.339 e. The molecule has 0 unspecified atom stereocenters. The van der Waals surface area contributed by atoms with Crippen molar-refractivity contribution in [3.63, 3.8) is 0 Å². The standard InChI is InChI=1S/C12H16FNO3/c1-14(2)6-3-7-17-11-8-9(13)4-5-10(11)12(15)16/h4-5,8H,3,6-7H2,1-2H3,(H,15,16). The van der Waals surface area contributed by atoms with Gasteiger partial charge in [-0.15, -0.1) is 0 Å². The normalized spacial score (nSPS) is 10.6. The van der Waals surface area contributed by atoms with Crippen LogP contribution in [-0.4, -0.2) is 43.2 Å². The predicted octanol–water partition coefficient (Wildman–Crippen LogP) is 1.85. The first kappa shape index (κ1) is 13.4. The highest BCUT2D eigenvalue weighted by Gasteiger charge is 2.11. The monoisotopic (exact) mass is 241 g/mol. The van der Waals surface area contributed by atoms with Gasteiger partial charge in [0.15, 0.2) is 0 Å². The molecule has 0 spiro atoms. The van der Waals surface area contributed by atoms with Gasteiger partial charge >= 0.3 is 5.97 Å². The predicted molar refractivity (Wildman–Crippen MR) is 62.0 cm³/mol. The van der Waals surface area contributed by atoms with E-state index < -0.39 is 11.8 Å². The summed E-state index contributed by atoms with van der Waals surface area (Å²) >= 11 is 0. The molecular weight excluding hydrogens is 225 g/mol. The highest BCUT2D eigenvalue weighted by molar-refractivity contribution is 5.90. The number of benzene rings is 1. The Balaban J connectivity index is 2.62. The minimum absolute atomic E-state index is 0.0174. The molecule has 0 atom stereocenters. The van der Waals surface area contributed by atoms with Crippen LogP contribution in [0.2, 0.25) is 0 Å². The fourth-order valence-electron chi connectivity index (χ4n) is 1.36. The van der Waals surface area contributed by atoms with Crippen LogP contribution in [0.4, 0.5) is 4.39 Å². The van der Waals surface area contributed by atoms with E-state index in [-0.39, 0.29) is 11.3 Å². The first-order valence-electron chi connectivity index (χ1n) is 5.31. The fraction of sp³-hybridized carbons (Fsp3) is 0.417. The molecule has 1 rings (SSSR count). The molecule has 0 aliphatic heterocycles. The van der Waals surface area contributed by atoms with Gasteiger partial charge in [0, 0.05) is 12.6 Å². The molecule has 0 bridgehead atoms. The van der Waals surface area contributed by atoms with Gasteiger partial charge in [-0.25, -0.2) is 9.18 Å². The van der Waals surface area contributed by atoms with Gasteiger partial charge in [-0.1, -0.05) is 0 Å². The topological polar surface area (TPSA) is 49.8 Å². The van der Waals surface area contributed by atoms with Gasteiger partial charge in [0.1, 0.15) is 17.1 Å². The summed E-state index contributed by atoms with van der Waals surface area (Å²) in [4.78, 5) is 12.9. The molecule has 1 aromatic carbocycles. The number of carboxylic acids is 1. The van der Waals surface area contributed by atoms with E-state index in [0.29, 0.717) is 6.61 Å². The van der Waals surface area contributed by atoms with E-state index in [1.54, 1.807) is 0 Å². The molecule has 4 nitrogen and oxygen atoms in total. The Bertz CT molecular complexity index is 393. The second-order valence-electron chi connectivity index (χ2n) is 3.95. The van der Waals surface area contributed by atoms with Gasteiger partial charge in [0.05, 0.1) is 6.61 Å². The lowest BCUT2D eigenvalue weighted by Gasteiger charge is -2.11. The van der Waals surface area contributed by atoms with Crippen molar-refractivity contribution >= 4 is 5.97 Å². The zero-order valence-electron chi connectivity index (χ0n) is 9.94. The van der Waals surface area contributed by atoms with Crippen molar-refractivity contribution in [2.45, 2.75) is 6.42 Å². The molecule has 0 fully saturated rings. The molecule has 0 heterocycles. The fourth-order valence-corrected chi connectivity index (χ4v) is 1.36. The van der Waals surface area contributed by atoms with Crippen molar-refractivity contribution in [2.75, 3.05) is 27.2 Å². The molecule has 0 aliphatic carbocycles. The van der Waals surface area contributed by atoms with Crippen molar-refractivity contribution < 1.29 is 19.0 Å². The lowest BCUT2D eigenvalue weighted by Crippen LogP contribution is -2.16. The number of hydrogen-bond acceptors (Lipinski definition) is 3. The van der Waals surface area contributed by atoms with Gasteiger partial charge in [-0.05, 0) is 32.6 Å². The second kappa shape index (κ2) is 6.20. The molecular formula is C12H16FNO3. The van der Waals surface area contributed by atoms with Crippen LogP contribution < -0.4 is 4.74 Å².